The van der Waals surface area contributed by atoms with Crippen molar-refractivity contribution in [1.82, 2.24) is 4.72 Å². The molecule has 0 unspecified atom stereocenters. The Kier molecular flexibility index (Phi) is 8.99. The van der Waals surface area contributed by atoms with E-state index in [2.05, 4.69) is 11.0 Å². The zero-order valence-corrected chi connectivity index (χ0v) is 14.2. The summed E-state index contributed by atoms with van der Waals surface area (Å²) in [6.45, 7) is 0.556. The maximum absolute atomic E-state index is 12.1. The van der Waals surface area contributed by atoms with Gasteiger partial charge in [-0.25, -0.2) is 13.1 Å². The first kappa shape index (κ1) is 18.5. The van der Waals surface area contributed by atoms with Gasteiger partial charge in [0.25, 0.3) is 0 Å². The predicted octanol–water partition coefficient (Wildman–Crippen LogP) is 2.42. The van der Waals surface area contributed by atoms with Crippen molar-refractivity contribution in [3.63, 3.8) is 0 Å². The SMILES string of the molecule is CSCCCCCCNS(=O)(=O)c1ccc(CCO)cc1. The van der Waals surface area contributed by atoms with E-state index in [1.165, 1.54) is 12.2 Å². The molecule has 0 aliphatic heterocycles. The Labute approximate surface area is 132 Å². The van der Waals surface area contributed by atoms with Crippen LogP contribution in [0.1, 0.15) is 31.2 Å². The molecule has 0 atom stereocenters. The minimum Gasteiger partial charge on any atom is -0.396 e. The predicted molar refractivity (Wildman–Crippen MR) is 89.3 cm³/mol. The maximum atomic E-state index is 12.1. The number of rotatable bonds is 11. The highest BCUT2D eigenvalue weighted by Gasteiger charge is 2.12. The maximum Gasteiger partial charge on any atom is 0.240 e. The topological polar surface area (TPSA) is 66.4 Å². The van der Waals surface area contributed by atoms with E-state index in [1.54, 1.807) is 24.3 Å². The van der Waals surface area contributed by atoms with Crippen molar-refractivity contribution >= 4 is 21.8 Å². The number of nitrogens with one attached hydrogen (secondary N) is 1. The van der Waals surface area contributed by atoms with E-state index in [0.717, 1.165) is 24.8 Å². The average Bonchev–Trinajstić information content (AvgIpc) is 2.47. The molecule has 120 valence electrons. The number of aliphatic hydroxyl groups excluding tert-OH is 1. The first-order chi connectivity index (χ1) is 10.1. The van der Waals surface area contributed by atoms with Crippen LogP contribution in [-0.4, -0.2) is 38.7 Å². The van der Waals surface area contributed by atoms with Crippen LogP contribution in [0, 0.1) is 0 Å². The normalized spacial score (nSPS) is 11.7. The first-order valence-electron chi connectivity index (χ1n) is 7.28. The molecular weight excluding hydrogens is 306 g/mol. The largest absolute Gasteiger partial charge is 0.396 e. The van der Waals surface area contributed by atoms with Gasteiger partial charge in [0.1, 0.15) is 0 Å². The molecule has 6 heteroatoms. The van der Waals surface area contributed by atoms with Gasteiger partial charge >= 0.3 is 0 Å². The number of hydrogen-bond acceptors (Lipinski definition) is 4. The molecule has 0 saturated carbocycles. The highest BCUT2D eigenvalue weighted by Crippen LogP contribution is 2.11. The van der Waals surface area contributed by atoms with Gasteiger partial charge in [-0.1, -0.05) is 25.0 Å². The summed E-state index contributed by atoms with van der Waals surface area (Å²) in [5, 5.41) is 8.84. The zero-order valence-electron chi connectivity index (χ0n) is 12.5. The van der Waals surface area contributed by atoms with Crippen molar-refractivity contribution in [2.75, 3.05) is 25.2 Å². The van der Waals surface area contributed by atoms with Crippen molar-refractivity contribution in [1.29, 1.82) is 0 Å². The molecule has 0 saturated heterocycles. The van der Waals surface area contributed by atoms with Gasteiger partial charge in [-0.15, -0.1) is 0 Å². The Morgan fingerprint density at radius 1 is 1.10 bits per heavy atom. The summed E-state index contributed by atoms with van der Waals surface area (Å²) in [6, 6.07) is 6.66. The van der Waals surface area contributed by atoms with E-state index in [9.17, 15) is 8.42 Å². The van der Waals surface area contributed by atoms with Gasteiger partial charge in [-0.05, 0) is 49.0 Å². The van der Waals surface area contributed by atoms with Crippen LogP contribution < -0.4 is 4.72 Å². The molecular formula is C15H25NO3S2. The van der Waals surface area contributed by atoms with Crippen molar-refractivity contribution in [3.8, 4) is 0 Å². The number of hydrogen-bond donors (Lipinski definition) is 2. The van der Waals surface area contributed by atoms with Crippen LogP contribution in [0.5, 0.6) is 0 Å². The second kappa shape index (κ2) is 10.2. The minimum absolute atomic E-state index is 0.0703. The standard InChI is InChI=1S/C15H25NO3S2/c1-20-13-5-3-2-4-11-16-21(18,19)15-8-6-14(7-9-15)10-12-17/h6-9,16-17H,2-5,10-13H2,1H3. The van der Waals surface area contributed by atoms with Gasteiger partial charge in [0.05, 0.1) is 4.90 Å². The van der Waals surface area contributed by atoms with Crippen LogP contribution in [0.4, 0.5) is 0 Å². The average molecular weight is 332 g/mol. The van der Waals surface area contributed by atoms with E-state index >= 15 is 0 Å². The summed E-state index contributed by atoms with van der Waals surface area (Å²) in [5.74, 6) is 1.17. The van der Waals surface area contributed by atoms with Gasteiger partial charge in [0, 0.05) is 13.2 Å². The lowest BCUT2D eigenvalue weighted by Crippen LogP contribution is -2.24. The summed E-state index contributed by atoms with van der Waals surface area (Å²) in [7, 11) is -3.41. The van der Waals surface area contributed by atoms with Crippen molar-refractivity contribution in [2.24, 2.45) is 0 Å². The van der Waals surface area contributed by atoms with Gasteiger partial charge in [-0.3, -0.25) is 0 Å². The monoisotopic (exact) mass is 331 g/mol. The fourth-order valence-electron chi connectivity index (χ4n) is 1.98. The van der Waals surface area contributed by atoms with Gasteiger partial charge < -0.3 is 5.11 Å². The summed E-state index contributed by atoms with van der Waals surface area (Å²) < 4.78 is 26.8. The van der Waals surface area contributed by atoms with E-state index in [4.69, 9.17) is 5.11 Å². The van der Waals surface area contributed by atoms with Crippen LogP contribution in [0.2, 0.25) is 0 Å². The summed E-state index contributed by atoms with van der Waals surface area (Å²) in [4.78, 5) is 0.284. The molecule has 1 aromatic rings. The third-order valence-electron chi connectivity index (χ3n) is 3.20. The Morgan fingerprint density at radius 2 is 1.76 bits per heavy atom. The van der Waals surface area contributed by atoms with Gasteiger partial charge in [0.2, 0.25) is 10.0 Å². The van der Waals surface area contributed by atoms with Gasteiger partial charge in [0.15, 0.2) is 0 Å². The van der Waals surface area contributed by atoms with Crippen molar-refractivity contribution in [3.05, 3.63) is 29.8 Å². The molecule has 0 bridgehead atoms. The highest BCUT2D eigenvalue weighted by molar-refractivity contribution is 7.98. The Balaban J connectivity index is 2.35. The lowest BCUT2D eigenvalue weighted by Gasteiger charge is -2.07. The fourth-order valence-corrected chi connectivity index (χ4v) is 3.55. The number of aliphatic hydroxyl groups is 1. The number of unbranched alkanes of at least 4 members (excludes halogenated alkanes) is 3. The molecule has 4 nitrogen and oxygen atoms in total. The van der Waals surface area contributed by atoms with Gasteiger partial charge in [-0.2, -0.15) is 11.8 Å². The van der Waals surface area contributed by atoms with E-state index < -0.39 is 10.0 Å². The summed E-state index contributed by atoms with van der Waals surface area (Å²) in [6.07, 6.45) is 6.91. The Hall–Kier alpha value is -0.560. The minimum atomic E-state index is -3.41. The molecule has 0 aliphatic rings. The van der Waals surface area contributed by atoms with Crippen LogP contribution in [0.15, 0.2) is 29.2 Å². The third-order valence-corrected chi connectivity index (χ3v) is 5.38. The molecule has 21 heavy (non-hydrogen) atoms. The summed E-state index contributed by atoms with van der Waals surface area (Å²) >= 11 is 1.84. The van der Waals surface area contributed by atoms with Crippen LogP contribution in [-0.2, 0) is 16.4 Å². The van der Waals surface area contributed by atoms with Crippen LogP contribution in [0.25, 0.3) is 0 Å². The Bertz CT molecular complexity index is 486. The van der Waals surface area contributed by atoms with Crippen LogP contribution in [0.3, 0.4) is 0 Å². The lowest BCUT2D eigenvalue weighted by atomic mass is 10.2. The quantitative estimate of drug-likeness (QED) is 0.611. The van der Waals surface area contributed by atoms with Crippen molar-refractivity contribution < 1.29 is 13.5 Å². The first-order valence-corrected chi connectivity index (χ1v) is 10.2. The summed E-state index contributed by atoms with van der Waals surface area (Å²) in [5.41, 5.74) is 0.935. The number of thioether (sulfide) groups is 1. The van der Waals surface area contributed by atoms with E-state index in [0.29, 0.717) is 13.0 Å². The second-order valence-electron chi connectivity index (χ2n) is 4.92. The molecule has 1 aromatic carbocycles. The molecule has 0 aliphatic carbocycles. The molecule has 0 heterocycles. The molecule has 0 radical (unpaired) electrons. The third kappa shape index (κ3) is 7.31. The molecule has 0 aromatic heterocycles. The zero-order chi connectivity index (χ0) is 15.6. The smallest absolute Gasteiger partial charge is 0.240 e. The molecule has 2 N–H and O–H groups in total. The van der Waals surface area contributed by atoms with Crippen LogP contribution >= 0.6 is 11.8 Å². The Morgan fingerprint density at radius 3 is 2.38 bits per heavy atom. The molecule has 0 spiro atoms. The molecule has 0 fully saturated rings. The van der Waals surface area contributed by atoms with E-state index in [1.807, 2.05) is 11.8 Å². The van der Waals surface area contributed by atoms with Crippen molar-refractivity contribution in [2.45, 2.75) is 37.0 Å². The molecule has 1 rings (SSSR count). The highest BCUT2D eigenvalue weighted by atomic mass is 32.2. The van der Waals surface area contributed by atoms with E-state index in [-0.39, 0.29) is 11.5 Å². The molecule has 0 amide bonds. The fraction of sp³-hybridized carbons (Fsp3) is 0.600. The number of benzene rings is 1. The lowest BCUT2D eigenvalue weighted by molar-refractivity contribution is 0.299. The second-order valence-corrected chi connectivity index (χ2v) is 7.67. The number of sulfonamides is 1.